The van der Waals surface area contributed by atoms with Gasteiger partial charge in [0, 0.05) is 26.6 Å². The summed E-state index contributed by atoms with van der Waals surface area (Å²) < 4.78 is 0.493. The highest BCUT2D eigenvalue weighted by atomic mass is 35.5. The van der Waals surface area contributed by atoms with Gasteiger partial charge in [0.25, 0.3) is 0 Å². The Morgan fingerprint density at radius 2 is 2.04 bits per heavy atom. The van der Waals surface area contributed by atoms with Gasteiger partial charge >= 0.3 is 5.97 Å². The summed E-state index contributed by atoms with van der Waals surface area (Å²) in [5, 5.41) is 12.7. The van der Waals surface area contributed by atoms with E-state index in [1.165, 1.54) is 23.1 Å². The first-order valence-corrected chi connectivity index (χ1v) is 9.07. The maximum Gasteiger partial charge on any atom is 0.336 e. The number of benzene rings is 2. The summed E-state index contributed by atoms with van der Waals surface area (Å²) in [5.41, 5.74) is 1.02. The van der Waals surface area contributed by atoms with Crippen LogP contribution in [0.15, 0.2) is 64.5 Å². The number of nitrogens with zero attached hydrogens (tertiary/aromatic N) is 1. The van der Waals surface area contributed by atoms with Gasteiger partial charge < -0.3 is 10.4 Å². The van der Waals surface area contributed by atoms with Crippen LogP contribution in [-0.2, 0) is 6.54 Å². The van der Waals surface area contributed by atoms with Gasteiger partial charge in [0.05, 0.1) is 12.1 Å². The molecule has 0 saturated heterocycles. The lowest BCUT2D eigenvalue weighted by molar-refractivity contribution is 0.0693. The van der Waals surface area contributed by atoms with Gasteiger partial charge in [-0.2, -0.15) is 0 Å². The maximum absolute atomic E-state index is 11.6. The second-order valence-electron chi connectivity index (χ2n) is 4.86. The van der Waals surface area contributed by atoms with Crippen LogP contribution in [-0.4, -0.2) is 16.1 Å². The smallest absolute Gasteiger partial charge is 0.336 e. The van der Waals surface area contributed by atoms with Gasteiger partial charge in [0.2, 0.25) is 0 Å². The van der Waals surface area contributed by atoms with Gasteiger partial charge in [0.1, 0.15) is 0 Å². The SMILES string of the molecule is O=C(O)c1cc(NCc2cnc(Cl)s2)ccc1Sc1ccccc1. The van der Waals surface area contributed by atoms with Crippen LogP contribution in [0.1, 0.15) is 15.2 Å². The zero-order chi connectivity index (χ0) is 16.9. The van der Waals surface area contributed by atoms with E-state index in [0.29, 0.717) is 15.9 Å². The quantitative estimate of drug-likeness (QED) is 0.614. The third kappa shape index (κ3) is 4.29. The van der Waals surface area contributed by atoms with Crippen molar-refractivity contribution in [3.63, 3.8) is 0 Å². The zero-order valence-electron chi connectivity index (χ0n) is 12.4. The molecule has 0 spiro atoms. The Morgan fingerprint density at radius 1 is 1.25 bits per heavy atom. The number of thiazole rings is 1. The van der Waals surface area contributed by atoms with E-state index in [4.69, 9.17) is 11.6 Å². The van der Waals surface area contributed by atoms with Crippen molar-refractivity contribution in [2.45, 2.75) is 16.3 Å². The van der Waals surface area contributed by atoms with E-state index in [0.717, 1.165) is 15.5 Å². The molecule has 7 heteroatoms. The molecular formula is C17H13ClN2O2S2. The first-order valence-electron chi connectivity index (χ1n) is 7.06. The van der Waals surface area contributed by atoms with Crippen molar-refractivity contribution < 1.29 is 9.90 Å². The molecule has 0 unspecified atom stereocenters. The molecule has 0 atom stereocenters. The molecule has 4 nitrogen and oxygen atoms in total. The Hall–Kier alpha value is -2.02. The van der Waals surface area contributed by atoms with Crippen LogP contribution < -0.4 is 5.32 Å². The van der Waals surface area contributed by atoms with E-state index < -0.39 is 5.97 Å². The van der Waals surface area contributed by atoms with E-state index in [9.17, 15) is 9.90 Å². The Balaban J connectivity index is 1.78. The van der Waals surface area contributed by atoms with Crippen molar-refractivity contribution >= 4 is 46.4 Å². The van der Waals surface area contributed by atoms with Gasteiger partial charge in [-0.25, -0.2) is 9.78 Å². The van der Waals surface area contributed by atoms with Crippen LogP contribution >= 0.6 is 34.7 Å². The molecule has 0 fully saturated rings. The highest BCUT2D eigenvalue weighted by Crippen LogP contribution is 2.32. The second-order valence-corrected chi connectivity index (χ2v) is 7.68. The maximum atomic E-state index is 11.6. The number of nitrogens with one attached hydrogen (secondary N) is 1. The molecular weight excluding hydrogens is 364 g/mol. The van der Waals surface area contributed by atoms with Crippen LogP contribution in [0.5, 0.6) is 0 Å². The normalized spacial score (nSPS) is 10.5. The van der Waals surface area contributed by atoms with E-state index in [1.807, 2.05) is 42.5 Å². The van der Waals surface area contributed by atoms with E-state index in [1.54, 1.807) is 12.3 Å². The molecule has 0 aliphatic heterocycles. The van der Waals surface area contributed by atoms with Crippen LogP contribution in [0.2, 0.25) is 4.47 Å². The van der Waals surface area contributed by atoms with Crippen molar-refractivity contribution in [3.05, 3.63) is 69.6 Å². The standard InChI is InChI=1S/C17H13ClN2O2S2/c18-17-20-10-13(24-17)9-19-11-6-7-15(14(8-11)16(21)22)23-12-4-2-1-3-5-12/h1-8,10,19H,9H2,(H,21,22). The van der Waals surface area contributed by atoms with Crippen LogP contribution in [0.3, 0.4) is 0 Å². The number of carboxylic acids is 1. The lowest BCUT2D eigenvalue weighted by Gasteiger charge is -2.10. The number of hydrogen-bond acceptors (Lipinski definition) is 5. The molecule has 0 aliphatic carbocycles. The monoisotopic (exact) mass is 376 g/mol. The summed E-state index contributed by atoms with van der Waals surface area (Å²) in [5.74, 6) is -0.946. The van der Waals surface area contributed by atoms with Crippen molar-refractivity contribution in [1.29, 1.82) is 0 Å². The molecule has 24 heavy (non-hydrogen) atoms. The molecule has 0 bridgehead atoms. The highest BCUT2D eigenvalue weighted by Gasteiger charge is 2.12. The number of halogens is 1. The lowest BCUT2D eigenvalue weighted by Crippen LogP contribution is -2.03. The molecule has 1 heterocycles. The lowest BCUT2D eigenvalue weighted by atomic mass is 10.2. The topological polar surface area (TPSA) is 62.2 Å². The number of rotatable bonds is 6. The average Bonchev–Trinajstić information content (AvgIpc) is 3.00. The first kappa shape index (κ1) is 16.8. The molecule has 0 saturated carbocycles. The van der Waals surface area contributed by atoms with Gasteiger partial charge in [0.15, 0.2) is 4.47 Å². The van der Waals surface area contributed by atoms with Gasteiger partial charge in [-0.15, -0.1) is 11.3 Å². The predicted molar refractivity (Wildman–Crippen MR) is 98.4 cm³/mol. The van der Waals surface area contributed by atoms with E-state index >= 15 is 0 Å². The fourth-order valence-electron chi connectivity index (χ4n) is 2.07. The molecule has 2 N–H and O–H groups in total. The van der Waals surface area contributed by atoms with E-state index in [2.05, 4.69) is 10.3 Å². The minimum atomic E-state index is -0.946. The molecule has 0 aliphatic rings. The largest absolute Gasteiger partial charge is 0.478 e. The summed E-state index contributed by atoms with van der Waals surface area (Å²) in [6, 6.07) is 15.0. The average molecular weight is 377 g/mol. The van der Waals surface area contributed by atoms with Gasteiger partial charge in [-0.3, -0.25) is 0 Å². The summed E-state index contributed by atoms with van der Waals surface area (Å²) in [6.45, 7) is 0.550. The number of carbonyl (C=O) groups is 1. The Morgan fingerprint density at radius 3 is 2.71 bits per heavy atom. The van der Waals surface area contributed by atoms with Crippen molar-refractivity contribution in [2.75, 3.05) is 5.32 Å². The number of aromatic carboxylic acids is 1. The van der Waals surface area contributed by atoms with Crippen LogP contribution in [0.4, 0.5) is 5.69 Å². The van der Waals surface area contributed by atoms with Gasteiger partial charge in [-0.05, 0) is 30.3 Å². The number of aromatic nitrogens is 1. The molecule has 3 rings (SSSR count). The Bertz CT molecular complexity index is 853. The van der Waals surface area contributed by atoms with Crippen molar-refractivity contribution in [2.24, 2.45) is 0 Å². The highest BCUT2D eigenvalue weighted by molar-refractivity contribution is 7.99. The van der Waals surface area contributed by atoms with Crippen LogP contribution in [0, 0.1) is 0 Å². The molecule has 122 valence electrons. The van der Waals surface area contributed by atoms with Crippen molar-refractivity contribution in [3.8, 4) is 0 Å². The van der Waals surface area contributed by atoms with E-state index in [-0.39, 0.29) is 5.56 Å². The second kappa shape index (κ2) is 7.70. The third-order valence-corrected chi connectivity index (χ3v) is 5.37. The molecule has 3 aromatic rings. The number of hydrogen-bond donors (Lipinski definition) is 2. The fraction of sp³-hybridized carbons (Fsp3) is 0.0588. The first-order chi connectivity index (χ1) is 11.6. The summed E-state index contributed by atoms with van der Waals surface area (Å²) in [4.78, 5) is 18.3. The molecule has 0 radical (unpaired) electrons. The number of carboxylic acid groups (broad SMARTS) is 1. The Labute approximate surface area is 152 Å². The summed E-state index contributed by atoms with van der Waals surface area (Å²) >= 11 is 8.63. The summed E-state index contributed by atoms with van der Waals surface area (Å²) in [6.07, 6.45) is 1.71. The number of anilines is 1. The van der Waals surface area contributed by atoms with Crippen LogP contribution in [0.25, 0.3) is 0 Å². The Kier molecular flexibility index (Phi) is 5.40. The third-order valence-electron chi connectivity index (χ3n) is 3.17. The fourth-order valence-corrected chi connectivity index (χ4v) is 3.92. The predicted octanol–water partition coefficient (Wildman–Crippen LogP) is 5.26. The summed E-state index contributed by atoms with van der Waals surface area (Å²) in [7, 11) is 0. The zero-order valence-corrected chi connectivity index (χ0v) is 14.8. The van der Waals surface area contributed by atoms with Crippen molar-refractivity contribution in [1.82, 2.24) is 4.98 Å². The minimum absolute atomic E-state index is 0.274. The minimum Gasteiger partial charge on any atom is -0.478 e. The molecule has 1 aromatic heterocycles. The molecule has 2 aromatic carbocycles. The van der Waals surface area contributed by atoms with Gasteiger partial charge in [-0.1, -0.05) is 41.6 Å². The molecule has 0 amide bonds.